The van der Waals surface area contributed by atoms with Crippen LogP contribution in [0, 0.1) is 5.82 Å². The van der Waals surface area contributed by atoms with Crippen LogP contribution in [0.1, 0.15) is 32.4 Å². The van der Waals surface area contributed by atoms with Gasteiger partial charge in [-0.3, -0.25) is 9.79 Å². The molecule has 0 unspecified atom stereocenters. The highest BCUT2D eigenvalue weighted by molar-refractivity contribution is 14.0. The van der Waals surface area contributed by atoms with Gasteiger partial charge < -0.3 is 20.4 Å². The molecule has 0 atom stereocenters. The van der Waals surface area contributed by atoms with Crippen molar-refractivity contribution in [1.82, 2.24) is 15.6 Å². The molecule has 0 spiro atoms. The highest BCUT2D eigenvalue weighted by Gasteiger charge is 2.19. The third kappa shape index (κ3) is 7.53. The van der Waals surface area contributed by atoms with Gasteiger partial charge in [0.25, 0.3) is 0 Å². The molecule has 1 amide bonds. The molecule has 2 rings (SSSR count). The van der Waals surface area contributed by atoms with E-state index in [0.717, 1.165) is 5.76 Å². The number of aliphatic imine (C=N–C) groups is 1. The van der Waals surface area contributed by atoms with Gasteiger partial charge in [-0.25, -0.2) is 9.37 Å². The van der Waals surface area contributed by atoms with E-state index in [-0.39, 0.29) is 47.7 Å². The summed E-state index contributed by atoms with van der Waals surface area (Å²) in [7, 11) is 1.60. The van der Waals surface area contributed by atoms with Crippen molar-refractivity contribution in [2.75, 3.05) is 18.9 Å². The Balaban J connectivity index is 0.00000364. The van der Waals surface area contributed by atoms with Crippen molar-refractivity contribution >= 4 is 41.5 Å². The Hall–Kier alpha value is -2.17. The number of hydrogen-bond donors (Lipinski definition) is 3. The molecule has 2 aromatic rings. The van der Waals surface area contributed by atoms with Crippen LogP contribution < -0.4 is 16.0 Å². The molecule has 27 heavy (non-hydrogen) atoms. The molecular formula is C18H25FIN5O2. The van der Waals surface area contributed by atoms with Gasteiger partial charge in [0, 0.05) is 18.2 Å². The number of carbonyl (C=O) groups excluding carboxylic acids is 1. The number of aromatic nitrogens is 1. The summed E-state index contributed by atoms with van der Waals surface area (Å²) < 4.78 is 18.5. The SMILES string of the molecule is CN=C(NCC(=O)Nc1ccc(F)cc1)NCc1ncc(C(C)(C)C)o1.I. The van der Waals surface area contributed by atoms with Gasteiger partial charge in [0.2, 0.25) is 11.8 Å². The van der Waals surface area contributed by atoms with Gasteiger partial charge in [-0.05, 0) is 24.3 Å². The number of oxazole rings is 1. The normalized spacial score (nSPS) is 11.5. The maximum atomic E-state index is 12.9. The lowest BCUT2D eigenvalue weighted by Gasteiger charge is -2.13. The fraction of sp³-hybridized carbons (Fsp3) is 0.389. The van der Waals surface area contributed by atoms with Crippen LogP contribution in [-0.2, 0) is 16.8 Å². The van der Waals surface area contributed by atoms with Gasteiger partial charge in [-0.2, -0.15) is 0 Å². The summed E-state index contributed by atoms with van der Waals surface area (Å²) in [5, 5.41) is 8.58. The average molecular weight is 489 g/mol. The highest BCUT2D eigenvalue weighted by atomic mass is 127. The minimum Gasteiger partial charge on any atom is -0.443 e. The van der Waals surface area contributed by atoms with Gasteiger partial charge in [-0.1, -0.05) is 20.8 Å². The molecule has 0 bridgehead atoms. The molecule has 1 aromatic carbocycles. The molecule has 1 aromatic heterocycles. The van der Waals surface area contributed by atoms with E-state index in [1.165, 1.54) is 24.3 Å². The van der Waals surface area contributed by atoms with Crippen molar-refractivity contribution in [1.29, 1.82) is 0 Å². The van der Waals surface area contributed by atoms with E-state index in [1.54, 1.807) is 13.2 Å². The number of carbonyl (C=O) groups is 1. The monoisotopic (exact) mass is 489 g/mol. The zero-order valence-electron chi connectivity index (χ0n) is 15.8. The number of hydrogen-bond acceptors (Lipinski definition) is 4. The molecule has 0 saturated heterocycles. The van der Waals surface area contributed by atoms with Crippen molar-refractivity contribution in [3.8, 4) is 0 Å². The Bertz CT molecular complexity index is 769. The van der Waals surface area contributed by atoms with Gasteiger partial charge in [0.15, 0.2) is 5.96 Å². The van der Waals surface area contributed by atoms with E-state index in [0.29, 0.717) is 24.1 Å². The van der Waals surface area contributed by atoms with E-state index in [9.17, 15) is 9.18 Å². The summed E-state index contributed by atoms with van der Waals surface area (Å²) in [6, 6.07) is 5.56. The summed E-state index contributed by atoms with van der Waals surface area (Å²) in [6.07, 6.45) is 1.71. The topological polar surface area (TPSA) is 91.5 Å². The summed E-state index contributed by atoms with van der Waals surface area (Å²) in [5.41, 5.74) is 0.416. The summed E-state index contributed by atoms with van der Waals surface area (Å²) in [5.74, 6) is 1.15. The van der Waals surface area contributed by atoms with Crippen LogP contribution in [0.5, 0.6) is 0 Å². The maximum Gasteiger partial charge on any atom is 0.243 e. The number of halogens is 2. The largest absolute Gasteiger partial charge is 0.443 e. The second-order valence-corrected chi connectivity index (χ2v) is 6.70. The second kappa shape index (κ2) is 10.2. The minimum absolute atomic E-state index is 0. The summed E-state index contributed by atoms with van der Waals surface area (Å²) in [4.78, 5) is 20.2. The van der Waals surface area contributed by atoms with Crippen LogP contribution in [0.3, 0.4) is 0 Å². The summed E-state index contributed by atoms with van der Waals surface area (Å²) in [6.45, 7) is 6.49. The fourth-order valence-corrected chi connectivity index (χ4v) is 2.02. The van der Waals surface area contributed by atoms with Crippen LogP contribution in [0.15, 0.2) is 39.9 Å². The van der Waals surface area contributed by atoms with Gasteiger partial charge in [0.05, 0.1) is 19.3 Å². The lowest BCUT2D eigenvalue weighted by molar-refractivity contribution is -0.115. The zero-order valence-corrected chi connectivity index (χ0v) is 18.1. The Labute approximate surface area is 175 Å². The number of nitrogens with zero attached hydrogens (tertiary/aromatic N) is 2. The standard InChI is InChI=1S/C18H24FN5O2.HI/c1-18(2,3)14-9-21-16(26-14)11-23-17(20-4)22-10-15(25)24-13-7-5-12(19)6-8-13;/h5-9H,10-11H2,1-4H3,(H,24,25)(H2,20,22,23);1H. The van der Waals surface area contributed by atoms with Gasteiger partial charge >= 0.3 is 0 Å². The lowest BCUT2D eigenvalue weighted by atomic mass is 9.94. The van der Waals surface area contributed by atoms with Crippen LogP contribution >= 0.6 is 24.0 Å². The van der Waals surface area contributed by atoms with E-state index < -0.39 is 0 Å². The number of anilines is 1. The molecular weight excluding hydrogens is 464 g/mol. The molecule has 7 nitrogen and oxygen atoms in total. The third-order valence-electron chi connectivity index (χ3n) is 3.47. The first kappa shape index (κ1) is 22.9. The number of guanidine groups is 1. The first-order valence-corrected chi connectivity index (χ1v) is 8.23. The fourth-order valence-electron chi connectivity index (χ4n) is 2.02. The van der Waals surface area contributed by atoms with Gasteiger partial charge in [0.1, 0.15) is 11.6 Å². The van der Waals surface area contributed by atoms with E-state index in [1.807, 2.05) is 20.8 Å². The van der Waals surface area contributed by atoms with E-state index >= 15 is 0 Å². The molecule has 0 aliphatic carbocycles. The predicted molar refractivity (Wildman–Crippen MR) is 114 cm³/mol. The highest BCUT2D eigenvalue weighted by Crippen LogP contribution is 2.22. The molecule has 0 aliphatic rings. The Morgan fingerprint density at radius 3 is 2.44 bits per heavy atom. The molecule has 3 N–H and O–H groups in total. The third-order valence-corrected chi connectivity index (χ3v) is 3.47. The quantitative estimate of drug-likeness (QED) is 0.341. The van der Waals surface area contributed by atoms with Crippen LogP contribution in [0.25, 0.3) is 0 Å². The molecule has 1 heterocycles. The Kier molecular flexibility index (Phi) is 8.67. The van der Waals surface area contributed by atoms with Crippen LogP contribution in [-0.4, -0.2) is 30.4 Å². The molecule has 9 heteroatoms. The van der Waals surface area contributed by atoms with Crippen molar-refractivity contribution in [3.63, 3.8) is 0 Å². The van der Waals surface area contributed by atoms with Crippen LogP contribution in [0.2, 0.25) is 0 Å². The number of nitrogens with one attached hydrogen (secondary N) is 3. The van der Waals surface area contributed by atoms with Crippen molar-refractivity contribution < 1.29 is 13.6 Å². The second-order valence-electron chi connectivity index (χ2n) is 6.70. The first-order chi connectivity index (χ1) is 12.3. The molecule has 0 aliphatic heterocycles. The minimum atomic E-state index is -0.355. The maximum absolute atomic E-state index is 12.9. The summed E-state index contributed by atoms with van der Waals surface area (Å²) >= 11 is 0. The number of amides is 1. The lowest BCUT2D eigenvalue weighted by Crippen LogP contribution is -2.41. The Morgan fingerprint density at radius 1 is 1.22 bits per heavy atom. The number of benzene rings is 1. The molecule has 0 fully saturated rings. The van der Waals surface area contributed by atoms with Crippen LogP contribution in [0.4, 0.5) is 10.1 Å². The Morgan fingerprint density at radius 2 is 1.89 bits per heavy atom. The van der Waals surface area contributed by atoms with Crippen molar-refractivity contribution in [2.24, 2.45) is 4.99 Å². The van der Waals surface area contributed by atoms with Gasteiger partial charge in [-0.15, -0.1) is 24.0 Å². The smallest absolute Gasteiger partial charge is 0.243 e. The average Bonchev–Trinajstić information content (AvgIpc) is 3.06. The predicted octanol–water partition coefficient (Wildman–Crippen LogP) is 3.03. The molecule has 0 radical (unpaired) electrons. The molecule has 0 saturated carbocycles. The number of rotatable bonds is 5. The van der Waals surface area contributed by atoms with Crippen molar-refractivity contribution in [3.05, 3.63) is 47.9 Å². The zero-order chi connectivity index (χ0) is 19.2. The van der Waals surface area contributed by atoms with E-state index in [2.05, 4.69) is 25.9 Å². The van der Waals surface area contributed by atoms with Crippen molar-refractivity contribution in [2.45, 2.75) is 32.7 Å². The molecule has 148 valence electrons. The van der Waals surface area contributed by atoms with E-state index in [4.69, 9.17) is 4.42 Å². The first-order valence-electron chi connectivity index (χ1n) is 8.23.